The second kappa shape index (κ2) is 6.92. The van der Waals surface area contributed by atoms with Gasteiger partial charge in [-0.1, -0.05) is 53.5 Å². The first-order valence-electron chi connectivity index (χ1n) is 6.11. The summed E-state index contributed by atoms with van der Waals surface area (Å²) in [5.41, 5.74) is 1.61. The Morgan fingerprint density at radius 1 is 1.00 bits per heavy atom. The quantitative estimate of drug-likeness (QED) is 0.517. The van der Waals surface area contributed by atoms with Gasteiger partial charge in [0.2, 0.25) is 0 Å². The molecule has 0 aliphatic carbocycles. The number of carbonyl (C=O) groups is 1. The summed E-state index contributed by atoms with van der Waals surface area (Å²) in [7, 11) is -1.50. The van der Waals surface area contributed by atoms with Crippen LogP contribution in [0.15, 0.2) is 48.5 Å². The minimum atomic E-state index is -1.50. The number of carbonyl (C=O) groups excluding carboxylic acids is 1. The summed E-state index contributed by atoms with van der Waals surface area (Å²) >= 11 is 11.7. The Balaban J connectivity index is 2.12. The molecule has 0 amide bonds. The average Bonchev–Trinajstić information content (AvgIpc) is 2.48. The van der Waals surface area contributed by atoms with Crippen molar-refractivity contribution in [1.29, 1.82) is 0 Å². The van der Waals surface area contributed by atoms with Crippen molar-refractivity contribution in [3.8, 4) is 0 Å². The lowest BCUT2D eigenvalue weighted by Crippen LogP contribution is -2.29. The van der Waals surface area contributed by atoms with Crippen LogP contribution in [0.4, 0.5) is 0 Å². The smallest absolute Gasteiger partial charge is 0.423 e. The molecule has 3 nitrogen and oxygen atoms in total. The van der Waals surface area contributed by atoms with Gasteiger partial charge in [0, 0.05) is 5.56 Å². The van der Waals surface area contributed by atoms with Crippen LogP contribution in [0.5, 0.6) is 0 Å². The van der Waals surface area contributed by atoms with Crippen molar-refractivity contribution in [3.05, 3.63) is 69.7 Å². The molecule has 0 saturated heterocycles. The minimum Gasteiger partial charge on any atom is -0.423 e. The van der Waals surface area contributed by atoms with E-state index in [4.69, 9.17) is 33.2 Å². The summed E-state index contributed by atoms with van der Waals surface area (Å²) < 4.78 is 0. The zero-order valence-electron chi connectivity index (χ0n) is 10.8. The summed E-state index contributed by atoms with van der Waals surface area (Å²) in [6, 6.07) is 11.2. The van der Waals surface area contributed by atoms with Crippen molar-refractivity contribution in [3.63, 3.8) is 0 Å². The molecule has 0 aromatic heterocycles. The highest BCUT2D eigenvalue weighted by atomic mass is 35.5. The van der Waals surface area contributed by atoms with Gasteiger partial charge in [-0.15, -0.1) is 0 Å². The largest absolute Gasteiger partial charge is 0.488 e. The molecule has 2 rings (SSSR count). The predicted molar refractivity (Wildman–Crippen MR) is 86.1 cm³/mol. The van der Waals surface area contributed by atoms with E-state index in [9.17, 15) is 4.79 Å². The van der Waals surface area contributed by atoms with E-state index in [0.717, 1.165) is 5.56 Å². The molecule has 0 aliphatic rings. The van der Waals surface area contributed by atoms with Crippen molar-refractivity contribution < 1.29 is 14.8 Å². The van der Waals surface area contributed by atoms with Crippen LogP contribution in [-0.4, -0.2) is 22.9 Å². The molecule has 0 radical (unpaired) electrons. The van der Waals surface area contributed by atoms with Crippen LogP contribution in [-0.2, 0) is 0 Å². The second-order valence-electron chi connectivity index (χ2n) is 4.37. The number of hydrogen-bond acceptors (Lipinski definition) is 3. The van der Waals surface area contributed by atoms with E-state index in [1.54, 1.807) is 42.5 Å². The van der Waals surface area contributed by atoms with Gasteiger partial charge in [-0.2, -0.15) is 0 Å². The lowest BCUT2D eigenvalue weighted by molar-refractivity contribution is 0.104. The number of allylic oxidation sites excluding steroid dienone is 1. The highest BCUT2D eigenvalue weighted by molar-refractivity contribution is 6.58. The monoisotopic (exact) mass is 320 g/mol. The number of ketones is 1. The molecule has 2 aromatic carbocycles. The topological polar surface area (TPSA) is 57.5 Å². The Labute approximate surface area is 132 Å². The minimum absolute atomic E-state index is 0.195. The molecule has 0 saturated carbocycles. The summed E-state index contributed by atoms with van der Waals surface area (Å²) in [5, 5.41) is 18.7. The number of rotatable bonds is 4. The van der Waals surface area contributed by atoms with E-state index in [1.807, 2.05) is 0 Å². The summed E-state index contributed by atoms with van der Waals surface area (Å²) in [5.74, 6) is -0.195. The van der Waals surface area contributed by atoms with Gasteiger partial charge in [0.05, 0.1) is 10.0 Å². The fourth-order valence-corrected chi connectivity index (χ4v) is 1.99. The first-order valence-corrected chi connectivity index (χ1v) is 6.86. The highest BCUT2D eigenvalue weighted by Crippen LogP contribution is 2.23. The lowest BCUT2D eigenvalue weighted by Gasteiger charge is -2.00. The van der Waals surface area contributed by atoms with Gasteiger partial charge in [-0.05, 0) is 35.3 Å². The third-order valence-electron chi connectivity index (χ3n) is 2.87. The molecule has 6 heteroatoms. The molecule has 106 valence electrons. The second-order valence-corrected chi connectivity index (χ2v) is 5.18. The van der Waals surface area contributed by atoms with Gasteiger partial charge >= 0.3 is 7.12 Å². The molecule has 21 heavy (non-hydrogen) atoms. The highest BCUT2D eigenvalue weighted by Gasteiger charge is 2.09. The van der Waals surface area contributed by atoms with Crippen molar-refractivity contribution in [2.45, 2.75) is 0 Å². The number of halogens is 2. The van der Waals surface area contributed by atoms with E-state index in [-0.39, 0.29) is 5.78 Å². The fraction of sp³-hybridized carbons (Fsp3) is 0. The van der Waals surface area contributed by atoms with Gasteiger partial charge in [0.1, 0.15) is 0 Å². The molecule has 0 aliphatic heterocycles. The first-order chi connectivity index (χ1) is 9.97. The Bertz CT molecular complexity index is 682. The van der Waals surface area contributed by atoms with E-state index in [0.29, 0.717) is 21.1 Å². The van der Waals surface area contributed by atoms with Gasteiger partial charge in [0.15, 0.2) is 5.78 Å². The van der Waals surface area contributed by atoms with Gasteiger partial charge < -0.3 is 10.0 Å². The molecule has 0 bridgehead atoms. The first kappa shape index (κ1) is 15.8. The third kappa shape index (κ3) is 4.19. The van der Waals surface area contributed by atoms with Gasteiger partial charge in [-0.3, -0.25) is 4.79 Å². The van der Waals surface area contributed by atoms with Crippen molar-refractivity contribution in [2.75, 3.05) is 0 Å². The number of hydrogen-bond donors (Lipinski definition) is 2. The van der Waals surface area contributed by atoms with Crippen LogP contribution in [0.1, 0.15) is 15.9 Å². The molecule has 2 N–H and O–H groups in total. The zero-order chi connectivity index (χ0) is 15.4. The average molecular weight is 321 g/mol. The molecule has 0 atom stereocenters. The maximum absolute atomic E-state index is 12.0. The van der Waals surface area contributed by atoms with Crippen LogP contribution in [0, 0.1) is 0 Å². The summed E-state index contributed by atoms with van der Waals surface area (Å²) in [4.78, 5) is 12.0. The van der Waals surface area contributed by atoms with E-state index in [1.165, 1.54) is 12.1 Å². The van der Waals surface area contributed by atoms with E-state index in [2.05, 4.69) is 0 Å². The predicted octanol–water partition coefficient (Wildman–Crippen LogP) is 2.57. The Kier molecular flexibility index (Phi) is 5.20. The Morgan fingerprint density at radius 2 is 1.67 bits per heavy atom. The lowest BCUT2D eigenvalue weighted by atomic mass is 9.80. The van der Waals surface area contributed by atoms with Gasteiger partial charge in [-0.25, -0.2) is 0 Å². The SMILES string of the molecule is O=C(C=Cc1ccc(B(O)O)cc1)c1ccc(Cl)c(Cl)c1. The molecular formula is C15H11BCl2O3. The molecule has 0 spiro atoms. The normalized spacial score (nSPS) is 10.9. The van der Waals surface area contributed by atoms with Crippen LogP contribution in [0.2, 0.25) is 10.0 Å². The Hall–Kier alpha value is -1.59. The molecular weight excluding hydrogens is 310 g/mol. The third-order valence-corrected chi connectivity index (χ3v) is 3.60. The van der Waals surface area contributed by atoms with Crippen LogP contribution >= 0.6 is 23.2 Å². The van der Waals surface area contributed by atoms with Crippen molar-refractivity contribution >= 4 is 47.6 Å². The Morgan fingerprint density at radius 3 is 2.24 bits per heavy atom. The van der Waals surface area contributed by atoms with Gasteiger partial charge in [0.25, 0.3) is 0 Å². The van der Waals surface area contributed by atoms with E-state index >= 15 is 0 Å². The molecule has 2 aromatic rings. The standard InChI is InChI=1S/C15H11BCl2O3/c17-13-7-4-11(9-14(13)18)15(19)8-3-10-1-5-12(6-2-10)16(20)21/h1-9,20-21H. The molecule has 0 heterocycles. The fourth-order valence-electron chi connectivity index (χ4n) is 1.70. The van der Waals surface area contributed by atoms with Crippen LogP contribution in [0.25, 0.3) is 6.08 Å². The van der Waals surface area contributed by atoms with E-state index < -0.39 is 7.12 Å². The van der Waals surface area contributed by atoms with Crippen molar-refractivity contribution in [1.82, 2.24) is 0 Å². The molecule has 0 fully saturated rings. The zero-order valence-corrected chi connectivity index (χ0v) is 12.3. The van der Waals surface area contributed by atoms with Crippen molar-refractivity contribution in [2.24, 2.45) is 0 Å². The maximum atomic E-state index is 12.0. The summed E-state index contributed by atoms with van der Waals surface area (Å²) in [6.45, 7) is 0. The summed E-state index contributed by atoms with van der Waals surface area (Å²) in [6.07, 6.45) is 3.06. The van der Waals surface area contributed by atoms with Crippen LogP contribution in [0.3, 0.4) is 0 Å². The number of benzene rings is 2. The molecule has 0 unspecified atom stereocenters. The maximum Gasteiger partial charge on any atom is 0.488 e. The van der Waals surface area contributed by atoms with Crippen LogP contribution < -0.4 is 5.46 Å².